The molecule has 2 nitrogen and oxygen atoms in total. The highest BCUT2D eigenvalue weighted by molar-refractivity contribution is 5.89. The van der Waals surface area contributed by atoms with Crippen LogP contribution in [0.4, 0.5) is 4.39 Å². The van der Waals surface area contributed by atoms with Crippen molar-refractivity contribution in [3.8, 4) is 0 Å². The van der Waals surface area contributed by atoms with Crippen LogP contribution >= 0.6 is 0 Å². The second kappa shape index (κ2) is 11.5. The van der Waals surface area contributed by atoms with E-state index in [1.165, 1.54) is 30.4 Å². The van der Waals surface area contributed by atoms with E-state index in [1.54, 1.807) is 31.2 Å². The maximum Gasteiger partial charge on any atom is 0.338 e. The molecule has 0 aliphatic heterocycles. The molecule has 1 aliphatic carbocycles. The average molecular weight is 427 g/mol. The molecule has 0 fully saturated rings. The molecule has 0 amide bonds. The standard InChI is InChI=1S/C28H39FO2/c1-7-8-9-10-11-19-31-27(30)24-16-14-23(15-17-24)26(29)22(4)21(3)25-20(2)13-12-18-28(25,5)6/h14-17H,3,7-13,18-19H2,1-2,4-6H3/b26-22-. The number of ether oxygens (including phenoxy) is 1. The van der Waals surface area contributed by atoms with Crippen LogP contribution < -0.4 is 0 Å². The minimum absolute atomic E-state index is 0.00507. The zero-order valence-corrected chi connectivity index (χ0v) is 20.1. The van der Waals surface area contributed by atoms with Gasteiger partial charge >= 0.3 is 5.97 Å². The van der Waals surface area contributed by atoms with Gasteiger partial charge in [0.05, 0.1) is 12.2 Å². The summed E-state index contributed by atoms with van der Waals surface area (Å²) in [6.07, 6.45) is 8.84. The molecule has 0 aromatic heterocycles. The van der Waals surface area contributed by atoms with E-state index in [0.717, 1.165) is 37.7 Å². The molecule has 1 aromatic rings. The minimum atomic E-state index is -0.350. The van der Waals surface area contributed by atoms with Gasteiger partial charge in [-0.1, -0.05) is 70.7 Å². The van der Waals surface area contributed by atoms with Gasteiger partial charge in [0.25, 0.3) is 0 Å². The number of hydrogen-bond acceptors (Lipinski definition) is 2. The van der Waals surface area contributed by atoms with E-state index in [4.69, 9.17) is 4.74 Å². The molecule has 0 saturated carbocycles. The molecule has 170 valence electrons. The highest BCUT2D eigenvalue weighted by atomic mass is 19.1. The second-order valence-electron chi connectivity index (χ2n) is 9.44. The van der Waals surface area contributed by atoms with Crippen molar-refractivity contribution in [3.63, 3.8) is 0 Å². The van der Waals surface area contributed by atoms with E-state index in [2.05, 4.69) is 34.3 Å². The second-order valence-corrected chi connectivity index (χ2v) is 9.44. The Kier molecular flexibility index (Phi) is 9.28. The monoisotopic (exact) mass is 426 g/mol. The van der Waals surface area contributed by atoms with Gasteiger partial charge in [0.15, 0.2) is 0 Å². The molecule has 1 aromatic carbocycles. The van der Waals surface area contributed by atoms with Gasteiger partial charge in [-0.2, -0.15) is 0 Å². The molecular weight excluding hydrogens is 387 g/mol. The molecule has 0 saturated heterocycles. The first-order chi connectivity index (χ1) is 14.7. The van der Waals surface area contributed by atoms with E-state index in [0.29, 0.717) is 23.3 Å². The number of carbonyl (C=O) groups is 1. The third-order valence-electron chi connectivity index (χ3n) is 6.40. The first-order valence-electron chi connectivity index (χ1n) is 11.7. The predicted molar refractivity (Wildman–Crippen MR) is 129 cm³/mol. The van der Waals surface area contributed by atoms with Crippen molar-refractivity contribution in [1.29, 1.82) is 0 Å². The van der Waals surface area contributed by atoms with Gasteiger partial charge in [0.2, 0.25) is 0 Å². The number of allylic oxidation sites excluding steroid dienone is 4. The highest BCUT2D eigenvalue weighted by Crippen LogP contribution is 2.46. The van der Waals surface area contributed by atoms with E-state index in [-0.39, 0.29) is 17.2 Å². The summed E-state index contributed by atoms with van der Waals surface area (Å²) in [6.45, 7) is 15.2. The molecule has 0 bridgehead atoms. The van der Waals surface area contributed by atoms with Gasteiger partial charge in [0.1, 0.15) is 5.83 Å². The van der Waals surface area contributed by atoms with Crippen molar-refractivity contribution in [2.75, 3.05) is 6.61 Å². The van der Waals surface area contributed by atoms with E-state index < -0.39 is 0 Å². The lowest BCUT2D eigenvalue weighted by molar-refractivity contribution is 0.0497. The fourth-order valence-electron chi connectivity index (χ4n) is 4.53. The van der Waals surface area contributed by atoms with Crippen molar-refractivity contribution in [3.05, 3.63) is 64.3 Å². The summed E-state index contributed by atoms with van der Waals surface area (Å²) < 4.78 is 20.6. The molecular formula is C28H39FO2. The van der Waals surface area contributed by atoms with Gasteiger partial charge in [-0.3, -0.25) is 0 Å². The van der Waals surface area contributed by atoms with Crippen molar-refractivity contribution >= 4 is 11.8 Å². The SMILES string of the molecule is C=C(C1=C(C)CCCC1(C)C)/C(C)=C(\F)c1ccc(C(=O)OCCCCCCC)cc1. The normalized spacial score (nSPS) is 16.7. The molecule has 0 radical (unpaired) electrons. The van der Waals surface area contributed by atoms with Crippen LogP contribution in [0.5, 0.6) is 0 Å². The van der Waals surface area contributed by atoms with Crippen LogP contribution in [0.15, 0.2) is 53.1 Å². The number of halogens is 1. The van der Waals surface area contributed by atoms with Gasteiger partial charge < -0.3 is 4.74 Å². The summed E-state index contributed by atoms with van der Waals surface area (Å²) in [5.41, 5.74) is 4.75. The molecule has 1 aliphatic rings. The third-order valence-corrected chi connectivity index (χ3v) is 6.40. The first-order valence-corrected chi connectivity index (χ1v) is 11.7. The maximum atomic E-state index is 15.3. The third kappa shape index (κ3) is 6.66. The average Bonchev–Trinajstić information content (AvgIpc) is 2.74. The van der Waals surface area contributed by atoms with Crippen LogP contribution in [-0.2, 0) is 4.74 Å². The largest absolute Gasteiger partial charge is 0.462 e. The zero-order valence-electron chi connectivity index (χ0n) is 20.1. The summed E-state index contributed by atoms with van der Waals surface area (Å²) in [4.78, 5) is 12.2. The topological polar surface area (TPSA) is 26.3 Å². The van der Waals surface area contributed by atoms with Crippen molar-refractivity contribution < 1.29 is 13.9 Å². The molecule has 31 heavy (non-hydrogen) atoms. The molecule has 0 heterocycles. The van der Waals surface area contributed by atoms with E-state index in [9.17, 15) is 4.79 Å². The van der Waals surface area contributed by atoms with Crippen molar-refractivity contribution in [1.82, 2.24) is 0 Å². The Balaban J connectivity index is 2.06. The number of rotatable bonds is 10. The summed E-state index contributed by atoms with van der Waals surface area (Å²) in [6, 6.07) is 6.58. The quantitative estimate of drug-likeness (QED) is 0.213. The molecule has 0 unspecified atom stereocenters. The summed E-state index contributed by atoms with van der Waals surface area (Å²) >= 11 is 0. The fraction of sp³-hybridized carbons (Fsp3) is 0.536. The van der Waals surface area contributed by atoms with Gasteiger partial charge in [0, 0.05) is 5.56 Å². The van der Waals surface area contributed by atoms with Crippen LogP contribution in [0.3, 0.4) is 0 Å². The Bertz CT molecular complexity index is 840. The smallest absolute Gasteiger partial charge is 0.338 e. The fourth-order valence-corrected chi connectivity index (χ4v) is 4.53. The maximum absolute atomic E-state index is 15.3. The molecule has 0 atom stereocenters. The Morgan fingerprint density at radius 2 is 1.71 bits per heavy atom. The zero-order chi connectivity index (χ0) is 23.0. The van der Waals surface area contributed by atoms with Gasteiger partial charge in [-0.15, -0.1) is 0 Å². The highest BCUT2D eigenvalue weighted by Gasteiger charge is 2.31. The molecule has 0 N–H and O–H groups in total. The lowest BCUT2D eigenvalue weighted by Crippen LogP contribution is -2.22. The number of carbonyl (C=O) groups excluding carboxylic acids is 1. The Hall–Kier alpha value is -2.16. The van der Waals surface area contributed by atoms with Crippen molar-refractivity contribution in [2.45, 2.75) is 86.0 Å². The predicted octanol–water partition coefficient (Wildman–Crippen LogP) is 8.60. The van der Waals surface area contributed by atoms with Crippen LogP contribution in [-0.4, -0.2) is 12.6 Å². The first kappa shape index (κ1) is 25.1. The number of hydrogen-bond donors (Lipinski definition) is 0. The lowest BCUT2D eigenvalue weighted by atomic mass is 9.69. The molecule has 2 rings (SSSR count). The molecule has 3 heteroatoms. The van der Waals surface area contributed by atoms with Crippen molar-refractivity contribution in [2.24, 2.45) is 5.41 Å². The van der Waals surface area contributed by atoms with Crippen LogP contribution in [0.25, 0.3) is 5.83 Å². The Morgan fingerprint density at radius 3 is 2.32 bits per heavy atom. The summed E-state index contributed by atoms with van der Waals surface area (Å²) in [7, 11) is 0. The lowest BCUT2D eigenvalue weighted by Gasteiger charge is -2.36. The Morgan fingerprint density at radius 1 is 1.10 bits per heavy atom. The van der Waals surface area contributed by atoms with Crippen LogP contribution in [0, 0.1) is 5.41 Å². The van der Waals surface area contributed by atoms with E-state index >= 15 is 4.39 Å². The summed E-state index contributed by atoms with van der Waals surface area (Å²) in [5.74, 6) is -0.639. The Labute approximate surface area is 188 Å². The van der Waals surface area contributed by atoms with E-state index in [1.807, 2.05) is 0 Å². The van der Waals surface area contributed by atoms with Crippen LogP contribution in [0.2, 0.25) is 0 Å². The number of esters is 1. The number of unbranched alkanes of at least 4 members (excludes halogenated alkanes) is 4. The molecule has 0 spiro atoms. The number of benzene rings is 1. The van der Waals surface area contributed by atoms with Crippen LogP contribution in [0.1, 0.15) is 102 Å². The van der Waals surface area contributed by atoms with Gasteiger partial charge in [-0.05, 0) is 73.8 Å². The van der Waals surface area contributed by atoms with Gasteiger partial charge in [-0.25, -0.2) is 9.18 Å². The summed E-state index contributed by atoms with van der Waals surface area (Å²) in [5, 5.41) is 0. The minimum Gasteiger partial charge on any atom is -0.462 e.